The maximum atomic E-state index is 6.23. The average Bonchev–Trinajstić information content (AvgIpc) is 2.80. The molecule has 0 unspecified atom stereocenters. The van der Waals surface area contributed by atoms with Gasteiger partial charge in [-0.2, -0.15) is 4.98 Å². The fourth-order valence-corrected chi connectivity index (χ4v) is 2.69. The van der Waals surface area contributed by atoms with Crippen LogP contribution in [0.2, 0.25) is 18.1 Å². The number of aromatic nitrogens is 2. The molecule has 1 aromatic heterocycles. The Morgan fingerprint density at radius 3 is 2.64 bits per heavy atom. The van der Waals surface area contributed by atoms with Crippen LogP contribution in [-0.2, 0) is 0 Å². The molecule has 2 aromatic rings. The summed E-state index contributed by atoms with van der Waals surface area (Å²) in [4.78, 5) is 7.84. The van der Waals surface area contributed by atoms with Crippen molar-refractivity contribution in [2.75, 3.05) is 13.2 Å². The first-order valence-corrected chi connectivity index (χ1v) is 10.7. The van der Waals surface area contributed by atoms with Crippen LogP contribution >= 0.6 is 0 Å². The summed E-state index contributed by atoms with van der Waals surface area (Å²) in [5.41, 5.74) is 7.25. The number of hydrogen-bond acceptors (Lipinski definition) is 4. The van der Waals surface area contributed by atoms with E-state index in [1.54, 1.807) is 0 Å². The topological polar surface area (TPSA) is 73.2 Å². The van der Waals surface area contributed by atoms with Crippen molar-refractivity contribution in [1.82, 2.24) is 9.97 Å². The van der Waals surface area contributed by atoms with Gasteiger partial charge in [-0.1, -0.05) is 26.8 Å². The lowest BCUT2D eigenvalue weighted by molar-refractivity contribution is 0.316. The fraction of sp³-hybridized carbons (Fsp3) is 0.562. The SMILES string of the molecule is CC(C)(C)[Si](C)(C)Oc1nc2c(OCCCN)cccc2[nH]1. The van der Waals surface area contributed by atoms with Gasteiger partial charge in [-0.15, -0.1) is 0 Å². The summed E-state index contributed by atoms with van der Waals surface area (Å²) in [6.07, 6.45) is 0.828. The summed E-state index contributed by atoms with van der Waals surface area (Å²) < 4.78 is 12.0. The van der Waals surface area contributed by atoms with Crippen molar-refractivity contribution in [3.05, 3.63) is 18.2 Å². The first-order valence-electron chi connectivity index (χ1n) is 7.75. The zero-order valence-corrected chi connectivity index (χ0v) is 15.2. The molecule has 0 fully saturated rings. The summed E-state index contributed by atoms with van der Waals surface area (Å²) in [6, 6.07) is 6.44. The van der Waals surface area contributed by atoms with E-state index in [4.69, 9.17) is 14.9 Å². The number of ether oxygens (including phenoxy) is 1. The van der Waals surface area contributed by atoms with Gasteiger partial charge in [0.2, 0.25) is 0 Å². The van der Waals surface area contributed by atoms with Gasteiger partial charge < -0.3 is 19.9 Å². The van der Waals surface area contributed by atoms with Gasteiger partial charge in [-0.25, -0.2) is 0 Å². The number of rotatable bonds is 6. The van der Waals surface area contributed by atoms with E-state index in [1.807, 2.05) is 18.2 Å². The number of nitrogens with zero attached hydrogens (tertiary/aromatic N) is 1. The number of hydrogen-bond donors (Lipinski definition) is 2. The zero-order valence-electron chi connectivity index (χ0n) is 14.2. The molecule has 3 N–H and O–H groups in total. The number of imidazole rings is 1. The first-order chi connectivity index (χ1) is 10.2. The highest BCUT2D eigenvalue weighted by atomic mass is 28.4. The molecule has 0 aliphatic heterocycles. The molecule has 6 heteroatoms. The Hall–Kier alpha value is -1.53. The highest BCUT2D eigenvalue weighted by molar-refractivity contribution is 6.74. The molecule has 5 nitrogen and oxygen atoms in total. The Bertz CT molecular complexity index is 632. The molecule has 0 amide bonds. The predicted molar refractivity (Wildman–Crippen MR) is 93.1 cm³/mol. The number of nitrogens with two attached hydrogens (primary N) is 1. The second kappa shape index (κ2) is 6.30. The van der Waals surface area contributed by atoms with Gasteiger partial charge in [0, 0.05) is 0 Å². The van der Waals surface area contributed by atoms with Crippen LogP contribution in [0.1, 0.15) is 27.2 Å². The van der Waals surface area contributed by atoms with Crippen molar-refractivity contribution in [3.63, 3.8) is 0 Å². The molecule has 1 heterocycles. The maximum Gasteiger partial charge on any atom is 0.280 e. The second-order valence-electron chi connectivity index (χ2n) is 7.05. The van der Waals surface area contributed by atoms with E-state index in [9.17, 15) is 0 Å². The molecule has 0 saturated heterocycles. The number of aromatic amines is 1. The van der Waals surface area contributed by atoms with Crippen LogP contribution in [0.5, 0.6) is 11.8 Å². The smallest absolute Gasteiger partial charge is 0.280 e. The summed E-state index contributed by atoms with van der Waals surface area (Å²) in [5, 5.41) is 0.131. The third-order valence-corrected chi connectivity index (χ3v) is 8.53. The van der Waals surface area contributed by atoms with Crippen molar-refractivity contribution in [3.8, 4) is 11.8 Å². The van der Waals surface area contributed by atoms with Gasteiger partial charge >= 0.3 is 0 Å². The highest BCUT2D eigenvalue weighted by Gasteiger charge is 2.39. The third kappa shape index (κ3) is 3.62. The molecule has 0 aliphatic rings. The first kappa shape index (κ1) is 16.8. The molecule has 2 rings (SSSR count). The maximum absolute atomic E-state index is 6.23. The van der Waals surface area contributed by atoms with Gasteiger partial charge in [0.25, 0.3) is 14.3 Å². The molecular formula is C16H27N3O2Si. The highest BCUT2D eigenvalue weighted by Crippen LogP contribution is 2.37. The van der Waals surface area contributed by atoms with Crippen LogP contribution in [0.25, 0.3) is 11.0 Å². The van der Waals surface area contributed by atoms with Gasteiger partial charge in [-0.3, -0.25) is 0 Å². The van der Waals surface area contributed by atoms with E-state index < -0.39 is 8.32 Å². The van der Waals surface area contributed by atoms with Gasteiger partial charge in [0.1, 0.15) is 11.3 Å². The van der Waals surface area contributed by atoms with E-state index in [2.05, 4.69) is 43.8 Å². The summed E-state index contributed by atoms with van der Waals surface area (Å²) >= 11 is 0. The number of H-pyrrole nitrogens is 1. The molecule has 22 heavy (non-hydrogen) atoms. The molecule has 0 saturated carbocycles. The standard InChI is InChI=1S/C16H27N3O2Si/c1-16(2,3)22(4,5)21-15-18-12-8-6-9-13(14(12)19-15)20-11-7-10-17/h6,8-9H,7,10-11,17H2,1-5H3,(H,18,19). The minimum Gasteiger partial charge on any atom is -0.518 e. The van der Waals surface area contributed by atoms with E-state index in [0.717, 1.165) is 23.2 Å². The summed E-state index contributed by atoms with van der Waals surface area (Å²) in [5.74, 6) is 0.771. The van der Waals surface area contributed by atoms with Crippen molar-refractivity contribution < 1.29 is 9.16 Å². The molecule has 0 aliphatic carbocycles. The molecule has 0 bridgehead atoms. The molecule has 0 spiro atoms. The second-order valence-corrected chi connectivity index (χ2v) is 11.8. The average molecular weight is 321 g/mol. The Morgan fingerprint density at radius 1 is 1.27 bits per heavy atom. The Balaban J connectivity index is 2.25. The van der Waals surface area contributed by atoms with Crippen LogP contribution in [-0.4, -0.2) is 31.4 Å². The lowest BCUT2D eigenvalue weighted by Gasteiger charge is -2.35. The molecule has 0 atom stereocenters. The van der Waals surface area contributed by atoms with Crippen molar-refractivity contribution in [1.29, 1.82) is 0 Å². The molecule has 0 radical (unpaired) electrons. The van der Waals surface area contributed by atoms with Crippen LogP contribution in [0.3, 0.4) is 0 Å². The van der Waals surface area contributed by atoms with Gasteiger partial charge in [0.05, 0.1) is 12.1 Å². The predicted octanol–water partition coefficient (Wildman–Crippen LogP) is 3.67. The normalized spacial score (nSPS) is 12.6. The Morgan fingerprint density at radius 2 is 2.00 bits per heavy atom. The third-order valence-electron chi connectivity index (χ3n) is 4.22. The summed E-state index contributed by atoms with van der Waals surface area (Å²) in [7, 11) is -1.91. The van der Waals surface area contributed by atoms with Crippen molar-refractivity contribution >= 4 is 19.4 Å². The largest absolute Gasteiger partial charge is 0.518 e. The van der Waals surface area contributed by atoms with E-state index >= 15 is 0 Å². The number of nitrogens with one attached hydrogen (secondary N) is 1. The molecular weight excluding hydrogens is 294 g/mol. The summed E-state index contributed by atoms with van der Waals surface area (Å²) in [6.45, 7) is 12.3. The van der Waals surface area contributed by atoms with Gasteiger partial charge in [-0.05, 0) is 43.2 Å². The van der Waals surface area contributed by atoms with E-state index in [-0.39, 0.29) is 5.04 Å². The zero-order chi connectivity index (χ0) is 16.4. The van der Waals surface area contributed by atoms with E-state index in [0.29, 0.717) is 19.2 Å². The number of para-hydroxylation sites is 1. The Labute approximate surface area is 133 Å². The quantitative estimate of drug-likeness (QED) is 0.629. The van der Waals surface area contributed by atoms with E-state index in [1.165, 1.54) is 0 Å². The van der Waals surface area contributed by atoms with Crippen LogP contribution in [0.4, 0.5) is 0 Å². The number of fused-ring (bicyclic) bond motifs is 1. The molecule has 122 valence electrons. The van der Waals surface area contributed by atoms with Crippen molar-refractivity contribution in [2.24, 2.45) is 5.73 Å². The monoisotopic (exact) mass is 321 g/mol. The number of benzene rings is 1. The van der Waals surface area contributed by atoms with Gasteiger partial charge in [0.15, 0.2) is 0 Å². The van der Waals surface area contributed by atoms with Crippen LogP contribution in [0.15, 0.2) is 18.2 Å². The lowest BCUT2D eigenvalue weighted by Crippen LogP contribution is -2.44. The van der Waals surface area contributed by atoms with Crippen molar-refractivity contribution in [2.45, 2.75) is 45.3 Å². The van der Waals surface area contributed by atoms with Crippen LogP contribution in [0, 0.1) is 0 Å². The van der Waals surface area contributed by atoms with Crippen LogP contribution < -0.4 is 14.9 Å². The Kier molecular flexibility index (Phi) is 4.82. The lowest BCUT2D eigenvalue weighted by atomic mass is 10.2. The minimum atomic E-state index is -1.91. The minimum absolute atomic E-state index is 0.131. The fourth-order valence-electron chi connectivity index (χ4n) is 1.81. The molecule has 1 aromatic carbocycles.